The molecule has 4 nitrogen and oxygen atoms in total. The fourth-order valence-corrected chi connectivity index (χ4v) is 1.78. The zero-order valence-corrected chi connectivity index (χ0v) is 12.6. The molecule has 0 aliphatic heterocycles. The van der Waals surface area contributed by atoms with E-state index in [4.69, 9.17) is 5.73 Å². The number of benzene rings is 1. The lowest BCUT2D eigenvalue weighted by Crippen LogP contribution is -2.35. The minimum atomic E-state index is -4.44. The first-order chi connectivity index (χ1) is 10.2. The van der Waals surface area contributed by atoms with Gasteiger partial charge in [-0.2, -0.15) is 13.2 Å². The molecule has 0 radical (unpaired) electrons. The molecule has 1 rings (SSSR count). The Kier molecular flexibility index (Phi) is 6.83. The molecule has 0 bridgehead atoms. The number of carbonyl (C=O) groups excluding carboxylic acids is 1. The van der Waals surface area contributed by atoms with Gasteiger partial charge in [-0.1, -0.05) is 38.1 Å². The van der Waals surface area contributed by atoms with Crippen LogP contribution in [0.25, 0.3) is 0 Å². The van der Waals surface area contributed by atoms with E-state index in [0.717, 1.165) is 5.56 Å². The highest BCUT2D eigenvalue weighted by Crippen LogP contribution is 2.17. The van der Waals surface area contributed by atoms with Crippen LogP contribution in [0, 0.1) is 0 Å². The Labute approximate surface area is 127 Å². The molecule has 3 N–H and O–H groups in total. The van der Waals surface area contributed by atoms with Gasteiger partial charge in [0, 0.05) is 12.6 Å². The summed E-state index contributed by atoms with van der Waals surface area (Å²) in [7, 11) is 0. The number of carbonyl (C=O) groups is 1. The van der Waals surface area contributed by atoms with Crippen molar-refractivity contribution in [1.29, 1.82) is 0 Å². The van der Waals surface area contributed by atoms with E-state index in [0.29, 0.717) is 5.92 Å². The molecule has 124 valence electrons. The van der Waals surface area contributed by atoms with E-state index in [9.17, 15) is 18.0 Å². The van der Waals surface area contributed by atoms with Crippen molar-refractivity contribution in [2.24, 2.45) is 5.73 Å². The largest absolute Gasteiger partial charge is 0.411 e. The first-order valence-corrected chi connectivity index (χ1v) is 6.95. The van der Waals surface area contributed by atoms with Crippen molar-refractivity contribution >= 4 is 5.91 Å². The molecule has 0 aliphatic rings. The van der Waals surface area contributed by atoms with Crippen LogP contribution in [0.1, 0.15) is 36.9 Å². The van der Waals surface area contributed by atoms with Crippen LogP contribution in [0.3, 0.4) is 0 Å². The van der Waals surface area contributed by atoms with Crippen LogP contribution in [-0.4, -0.2) is 31.8 Å². The number of hydrogen-bond donors (Lipinski definition) is 2. The molecule has 0 aliphatic carbocycles. The lowest BCUT2D eigenvalue weighted by atomic mass is 9.99. The van der Waals surface area contributed by atoms with E-state index in [2.05, 4.69) is 23.9 Å². The molecule has 1 aromatic carbocycles. The molecular formula is C15H21F3N2O2. The molecule has 1 amide bonds. The van der Waals surface area contributed by atoms with Crippen molar-refractivity contribution in [1.82, 2.24) is 5.32 Å². The Balaban J connectivity index is 2.35. The lowest BCUT2D eigenvalue weighted by Gasteiger charge is -2.15. The van der Waals surface area contributed by atoms with E-state index in [1.807, 2.05) is 24.3 Å². The third-order valence-electron chi connectivity index (χ3n) is 3.05. The highest BCUT2D eigenvalue weighted by molar-refractivity contribution is 5.77. The van der Waals surface area contributed by atoms with E-state index in [1.165, 1.54) is 5.56 Å². The highest BCUT2D eigenvalue weighted by Gasteiger charge is 2.27. The van der Waals surface area contributed by atoms with Crippen LogP contribution in [0.2, 0.25) is 0 Å². The summed E-state index contributed by atoms with van der Waals surface area (Å²) in [6.45, 7) is 2.21. The maximum atomic E-state index is 11.9. The van der Waals surface area contributed by atoms with Gasteiger partial charge >= 0.3 is 6.18 Å². The Hall–Kier alpha value is -1.60. The standard InChI is InChI=1S/C15H21F3N2O2/c1-10(2)11-3-5-12(6-4-11)13(19)7-20-14(21)8-22-9-15(16,17)18/h3-6,10,13H,7-9,19H2,1-2H3,(H,20,21). The van der Waals surface area contributed by atoms with Gasteiger partial charge in [-0.15, -0.1) is 0 Å². The van der Waals surface area contributed by atoms with E-state index in [1.54, 1.807) is 0 Å². The van der Waals surface area contributed by atoms with Gasteiger partial charge < -0.3 is 15.8 Å². The number of rotatable bonds is 7. The number of halogens is 3. The number of alkyl halides is 3. The van der Waals surface area contributed by atoms with Crippen LogP contribution in [-0.2, 0) is 9.53 Å². The van der Waals surface area contributed by atoms with Gasteiger partial charge in [-0.3, -0.25) is 4.79 Å². The summed E-state index contributed by atoms with van der Waals surface area (Å²) in [5.74, 6) is -0.214. The molecule has 0 aromatic heterocycles. The smallest absolute Gasteiger partial charge is 0.362 e. The molecule has 22 heavy (non-hydrogen) atoms. The van der Waals surface area contributed by atoms with Crippen molar-refractivity contribution in [3.05, 3.63) is 35.4 Å². The van der Waals surface area contributed by atoms with Gasteiger partial charge in [0.15, 0.2) is 0 Å². The number of hydrogen-bond acceptors (Lipinski definition) is 3. The summed E-state index contributed by atoms with van der Waals surface area (Å²) in [4.78, 5) is 11.3. The van der Waals surface area contributed by atoms with Crippen LogP contribution >= 0.6 is 0 Å². The first kappa shape index (κ1) is 18.4. The second-order valence-electron chi connectivity index (χ2n) is 5.34. The number of amides is 1. The number of nitrogens with two attached hydrogens (primary N) is 1. The summed E-state index contributed by atoms with van der Waals surface area (Å²) in [5, 5.41) is 2.45. The van der Waals surface area contributed by atoms with E-state index in [-0.39, 0.29) is 6.54 Å². The van der Waals surface area contributed by atoms with Crippen molar-refractivity contribution in [3.8, 4) is 0 Å². The van der Waals surface area contributed by atoms with Gasteiger partial charge in [-0.25, -0.2) is 0 Å². The second-order valence-corrected chi connectivity index (χ2v) is 5.34. The molecular weight excluding hydrogens is 297 g/mol. The van der Waals surface area contributed by atoms with Gasteiger partial charge in [-0.05, 0) is 17.0 Å². The molecule has 0 fully saturated rings. The summed E-state index contributed by atoms with van der Waals surface area (Å²) >= 11 is 0. The zero-order valence-electron chi connectivity index (χ0n) is 12.6. The first-order valence-electron chi connectivity index (χ1n) is 6.95. The third kappa shape index (κ3) is 6.91. The molecule has 0 heterocycles. The summed E-state index contributed by atoms with van der Waals surface area (Å²) in [6.07, 6.45) is -4.44. The lowest BCUT2D eigenvalue weighted by molar-refractivity contribution is -0.175. The molecule has 1 atom stereocenters. The minimum Gasteiger partial charge on any atom is -0.362 e. The second kappa shape index (κ2) is 8.14. The zero-order chi connectivity index (χ0) is 16.8. The Morgan fingerprint density at radius 1 is 1.23 bits per heavy atom. The third-order valence-corrected chi connectivity index (χ3v) is 3.05. The highest BCUT2D eigenvalue weighted by atomic mass is 19.4. The van der Waals surface area contributed by atoms with Gasteiger partial charge in [0.05, 0.1) is 0 Å². The average molecular weight is 318 g/mol. The van der Waals surface area contributed by atoms with Crippen LogP contribution < -0.4 is 11.1 Å². The SMILES string of the molecule is CC(C)c1ccc(C(N)CNC(=O)COCC(F)(F)F)cc1. The van der Waals surface area contributed by atoms with Crippen molar-refractivity contribution in [3.63, 3.8) is 0 Å². The topological polar surface area (TPSA) is 64.3 Å². The van der Waals surface area contributed by atoms with Crippen molar-refractivity contribution in [2.75, 3.05) is 19.8 Å². The predicted octanol–water partition coefficient (Wildman–Crippen LogP) is 2.50. The molecule has 1 unspecified atom stereocenters. The Morgan fingerprint density at radius 2 is 1.77 bits per heavy atom. The quantitative estimate of drug-likeness (QED) is 0.812. The van der Waals surface area contributed by atoms with Gasteiger partial charge in [0.2, 0.25) is 5.91 Å². The Bertz CT molecular complexity index is 473. The average Bonchev–Trinajstić information content (AvgIpc) is 2.43. The van der Waals surface area contributed by atoms with Gasteiger partial charge in [0.1, 0.15) is 13.2 Å². The van der Waals surface area contributed by atoms with Gasteiger partial charge in [0.25, 0.3) is 0 Å². The number of nitrogens with one attached hydrogen (secondary N) is 1. The number of ether oxygens (including phenoxy) is 1. The normalized spacial score (nSPS) is 13.2. The molecule has 1 aromatic rings. The fraction of sp³-hybridized carbons (Fsp3) is 0.533. The maximum Gasteiger partial charge on any atom is 0.411 e. The van der Waals surface area contributed by atoms with Crippen molar-refractivity contribution in [2.45, 2.75) is 32.0 Å². The van der Waals surface area contributed by atoms with E-state index >= 15 is 0 Å². The minimum absolute atomic E-state index is 0.134. The maximum absolute atomic E-state index is 11.9. The predicted molar refractivity (Wildman–Crippen MR) is 77.3 cm³/mol. The van der Waals surface area contributed by atoms with Crippen molar-refractivity contribution < 1.29 is 22.7 Å². The van der Waals surface area contributed by atoms with Crippen LogP contribution in [0.5, 0.6) is 0 Å². The molecule has 0 spiro atoms. The summed E-state index contributed by atoms with van der Waals surface area (Å²) < 4.78 is 39.8. The molecule has 0 saturated carbocycles. The van der Waals surface area contributed by atoms with E-state index < -0.39 is 31.3 Å². The molecule has 7 heteroatoms. The Morgan fingerprint density at radius 3 is 2.27 bits per heavy atom. The van der Waals surface area contributed by atoms with Crippen LogP contribution in [0.4, 0.5) is 13.2 Å². The fourth-order valence-electron chi connectivity index (χ4n) is 1.78. The summed E-state index contributed by atoms with van der Waals surface area (Å²) in [6, 6.07) is 7.27. The monoisotopic (exact) mass is 318 g/mol. The summed E-state index contributed by atoms with van der Waals surface area (Å²) in [5.41, 5.74) is 7.96. The molecule has 0 saturated heterocycles. The van der Waals surface area contributed by atoms with Crippen LogP contribution in [0.15, 0.2) is 24.3 Å².